The van der Waals surface area contributed by atoms with Gasteiger partial charge in [-0.3, -0.25) is 9.36 Å². The van der Waals surface area contributed by atoms with Gasteiger partial charge in [-0.05, 0) is 61.6 Å². The summed E-state index contributed by atoms with van der Waals surface area (Å²) in [7, 11) is 4.10. The van der Waals surface area contributed by atoms with Gasteiger partial charge in [-0.1, -0.05) is 45.0 Å². The summed E-state index contributed by atoms with van der Waals surface area (Å²) in [4.78, 5) is 24.1. The minimum atomic E-state index is -0.155. The van der Waals surface area contributed by atoms with E-state index in [1.54, 1.807) is 12.5 Å². The third kappa shape index (κ3) is 5.50. The van der Waals surface area contributed by atoms with E-state index in [4.69, 9.17) is 5.10 Å². The fourth-order valence-corrected chi connectivity index (χ4v) is 4.33. The molecule has 1 N–H and O–H groups in total. The molecule has 0 saturated carbocycles. The van der Waals surface area contributed by atoms with Gasteiger partial charge in [-0.15, -0.1) is 0 Å². The number of anilines is 1. The van der Waals surface area contributed by atoms with E-state index in [-0.39, 0.29) is 17.7 Å². The Morgan fingerprint density at radius 2 is 1.61 bits per heavy atom. The van der Waals surface area contributed by atoms with Crippen LogP contribution in [0.15, 0.2) is 79.3 Å². The van der Waals surface area contributed by atoms with E-state index < -0.39 is 0 Å². The van der Waals surface area contributed by atoms with Crippen molar-refractivity contribution in [2.45, 2.75) is 39.2 Å². The molecular weight excluding hydrogens is 474 g/mol. The second-order valence-corrected chi connectivity index (χ2v) is 10.8. The van der Waals surface area contributed by atoms with E-state index in [2.05, 4.69) is 67.2 Å². The number of nitrogens with zero attached hydrogens (tertiary/aromatic N) is 6. The van der Waals surface area contributed by atoms with Gasteiger partial charge in [-0.2, -0.15) is 5.10 Å². The molecule has 8 heteroatoms. The number of fused-ring (bicyclic) bond motifs is 1. The van der Waals surface area contributed by atoms with Crippen LogP contribution in [0, 0.1) is 0 Å². The van der Waals surface area contributed by atoms with Gasteiger partial charge in [0.15, 0.2) is 5.65 Å². The molecule has 0 bridgehead atoms. The van der Waals surface area contributed by atoms with E-state index >= 15 is 0 Å². The molecule has 0 radical (unpaired) electrons. The van der Waals surface area contributed by atoms with Gasteiger partial charge < -0.3 is 10.2 Å². The van der Waals surface area contributed by atoms with Crippen LogP contribution in [0.2, 0.25) is 0 Å². The highest BCUT2D eigenvalue weighted by atomic mass is 16.1. The van der Waals surface area contributed by atoms with Crippen molar-refractivity contribution in [1.82, 2.24) is 29.2 Å². The molecule has 8 nitrogen and oxygen atoms in total. The predicted octanol–water partition coefficient (Wildman–Crippen LogP) is 5.15. The van der Waals surface area contributed by atoms with E-state index in [1.807, 2.05) is 63.8 Å². The molecule has 0 atom stereocenters. The number of aromatic nitrogens is 5. The van der Waals surface area contributed by atoms with Crippen molar-refractivity contribution in [3.05, 3.63) is 96.1 Å². The van der Waals surface area contributed by atoms with E-state index in [0.717, 1.165) is 40.3 Å². The quantitative estimate of drug-likeness (QED) is 0.330. The number of carbonyl (C=O) groups excluding carboxylic acids is 1. The maximum atomic E-state index is 13.1. The lowest BCUT2D eigenvalue weighted by atomic mass is 9.92. The van der Waals surface area contributed by atoms with E-state index in [1.165, 1.54) is 5.56 Å². The first-order valence-corrected chi connectivity index (χ1v) is 12.7. The van der Waals surface area contributed by atoms with Crippen LogP contribution >= 0.6 is 0 Å². The molecule has 0 aliphatic carbocycles. The SMILES string of the molecule is CN(C)Cc1ccc(-n2nc(C(C)(C)C)cc2NC(=O)Cc2ccc(-n3cnc4cccnc43)cc2)cc1. The Labute approximate surface area is 223 Å². The van der Waals surface area contributed by atoms with Crippen LogP contribution in [0.4, 0.5) is 5.82 Å². The average Bonchev–Trinajstić information content (AvgIpc) is 3.49. The highest BCUT2D eigenvalue weighted by Gasteiger charge is 2.21. The molecule has 0 fully saturated rings. The van der Waals surface area contributed by atoms with Gasteiger partial charge in [0.2, 0.25) is 5.91 Å². The van der Waals surface area contributed by atoms with Gasteiger partial charge in [0.05, 0.1) is 17.8 Å². The molecule has 5 rings (SSSR count). The number of nitrogens with one attached hydrogen (secondary N) is 1. The summed E-state index contributed by atoms with van der Waals surface area (Å²) in [6.07, 6.45) is 3.77. The third-order valence-electron chi connectivity index (χ3n) is 6.31. The fourth-order valence-electron chi connectivity index (χ4n) is 4.33. The van der Waals surface area contributed by atoms with Crippen LogP contribution in [0.3, 0.4) is 0 Å². The first-order valence-electron chi connectivity index (χ1n) is 12.7. The Balaban J connectivity index is 1.34. The van der Waals surface area contributed by atoms with Crippen molar-refractivity contribution in [2.75, 3.05) is 19.4 Å². The summed E-state index contributed by atoms with van der Waals surface area (Å²) in [6.45, 7) is 7.21. The molecule has 2 aromatic carbocycles. The Morgan fingerprint density at radius 1 is 0.921 bits per heavy atom. The minimum Gasteiger partial charge on any atom is -0.310 e. The van der Waals surface area contributed by atoms with Crippen LogP contribution in [0.1, 0.15) is 37.6 Å². The summed E-state index contributed by atoms with van der Waals surface area (Å²) in [5.74, 6) is 0.561. The summed E-state index contributed by atoms with van der Waals surface area (Å²) in [5, 5.41) is 7.94. The molecule has 0 aliphatic heterocycles. The van der Waals surface area contributed by atoms with Crippen LogP contribution in [0.25, 0.3) is 22.5 Å². The first kappa shape index (κ1) is 25.4. The molecule has 0 saturated heterocycles. The second-order valence-electron chi connectivity index (χ2n) is 10.8. The van der Waals surface area contributed by atoms with Gasteiger partial charge in [0, 0.05) is 29.9 Å². The summed E-state index contributed by atoms with van der Waals surface area (Å²) < 4.78 is 3.76. The number of hydrogen-bond donors (Lipinski definition) is 1. The van der Waals surface area contributed by atoms with Crippen molar-refractivity contribution < 1.29 is 4.79 Å². The minimum absolute atomic E-state index is 0.0988. The predicted molar refractivity (Wildman–Crippen MR) is 151 cm³/mol. The number of amides is 1. The highest BCUT2D eigenvalue weighted by Crippen LogP contribution is 2.27. The number of benzene rings is 2. The average molecular weight is 508 g/mol. The Bertz CT molecular complexity index is 1560. The fraction of sp³-hybridized carbons (Fsp3) is 0.267. The largest absolute Gasteiger partial charge is 0.310 e. The van der Waals surface area contributed by atoms with Crippen LogP contribution in [0.5, 0.6) is 0 Å². The highest BCUT2D eigenvalue weighted by molar-refractivity contribution is 5.92. The molecule has 194 valence electrons. The van der Waals surface area contributed by atoms with Crippen molar-refractivity contribution in [1.29, 1.82) is 0 Å². The van der Waals surface area contributed by atoms with Gasteiger partial charge in [0.1, 0.15) is 17.7 Å². The molecule has 3 aromatic heterocycles. The summed E-state index contributed by atoms with van der Waals surface area (Å²) >= 11 is 0. The third-order valence-corrected chi connectivity index (χ3v) is 6.31. The molecule has 0 spiro atoms. The Kier molecular flexibility index (Phi) is 6.82. The van der Waals surface area contributed by atoms with Crippen LogP contribution < -0.4 is 5.32 Å². The maximum Gasteiger partial charge on any atom is 0.229 e. The number of rotatable bonds is 7. The zero-order valence-corrected chi connectivity index (χ0v) is 22.5. The molecular formula is C30H33N7O. The lowest BCUT2D eigenvalue weighted by molar-refractivity contribution is -0.115. The molecule has 5 aromatic rings. The second kappa shape index (κ2) is 10.2. The van der Waals surface area contributed by atoms with E-state index in [0.29, 0.717) is 5.82 Å². The molecule has 0 unspecified atom stereocenters. The summed E-state index contributed by atoms with van der Waals surface area (Å²) in [6, 6.07) is 21.9. The molecule has 1 amide bonds. The standard InChI is InChI=1S/C30H33N7O/c1-30(2,3)26-18-27(37(34-26)24-14-10-22(11-15-24)19-35(4)5)33-28(38)17-21-8-12-23(13-9-21)36-20-32-25-7-6-16-31-29(25)36/h6-16,18,20H,17,19H2,1-5H3,(H,33,38). The summed E-state index contributed by atoms with van der Waals surface area (Å²) in [5.41, 5.74) is 6.39. The normalized spacial score (nSPS) is 11.8. The lowest BCUT2D eigenvalue weighted by Gasteiger charge is -2.14. The Hall–Kier alpha value is -4.30. The lowest BCUT2D eigenvalue weighted by Crippen LogP contribution is -2.17. The van der Waals surface area contributed by atoms with Crippen molar-refractivity contribution in [3.63, 3.8) is 0 Å². The molecule has 0 aliphatic rings. The van der Waals surface area contributed by atoms with Gasteiger partial charge >= 0.3 is 0 Å². The van der Waals surface area contributed by atoms with Crippen LogP contribution in [-0.4, -0.2) is 49.2 Å². The zero-order valence-electron chi connectivity index (χ0n) is 22.5. The maximum absolute atomic E-state index is 13.1. The van der Waals surface area contributed by atoms with Crippen LogP contribution in [-0.2, 0) is 23.2 Å². The Morgan fingerprint density at radius 3 is 2.29 bits per heavy atom. The van der Waals surface area contributed by atoms with Crippen molar-refractivity contribution in [2.24, 2.45) is 0 Å². The van der Waals surface area contributed by atoms with Gasteiger partial charge in [-0.25, -0.2) is 14.6 Å². The zero-order chi connectivity index (χ0) is 26.9. The molecule has 38 heavy (non-hydrogen) atoms. The van der Waals surface area contributed by atoms with Crippen molar-refractivity contribution >= 4 is 22.9 Å². The number of carbonyl (C=O) groups is 1. The molecule has 3 heterocycles. The van der Waals surface area contributed by atoms with Crippen molar-refractivity contribution in [3.8, 4) is 11.4 Å². The van der Waals surface area contributed by atoms with Gasteiger partial charge in [0.25, 0.3) is 0 Å². The first-order chi connectivity index (χ1) is 18.2. The number of imidazole rings is 1. The van der Waals surface area contributed by atoms with E-state index in [9.17, 15) is 4.79 Å². The number of pyridine rings is 1. The topological polar surface area (TPSA) is 80.9 Å². The number of hydrogen-bond acceptors (Lipinski definition) is 5. The monoisotopic (exact) mass is 507 g/mol. The smallest absolute Gasteiger partial charge is 0.229 e.